The maximum absolute atomic E-state index is 12.5. The average molecular weight is 377 g/mol. The fourth-order valence-corrected chi connectivity index (χ4v) is 3.27. The Labute approximate surface area is 156 Å². The van der Waals surface area contributed by atoms with Crippen molar-refractivity contribution in [3.63, 3.8) is 0 Å². The van der Waals surface area contributed by atoms with Crippen LogP contribution < -0.4 is 5.32 Å². The third-order valence-corrected chi connectivity index (χ3v) is 4.95. The Hall–Kier alpha value is -2.04. The van der Waals surface area contributed by atoms with Gasteiger partial charge in [0.15, 0.2) is 0 Å². The van der Waals surface area contributed by atoms with Crippen molar-refractivity contribution in [1.29, 1.82) is 0 Å². The summed E-state index contributed by atoms with van der Waals surface area (Å²) in [7, 11) is 0. The molecule has 25 heavy (non-hydrogen) atoms. The summed E-state index contributed by atoms with van der Waals surface area (Å²) < 4.78 is 0. The lowest BCUT2D eigenvalue weighted by Gasteiger charge is -2.31. The SMILES string of the molecule is O=C(Nc1ccc(Cl)cc1)C1CCN(C(=O)c2ccccc2Cl)CC1. The smallest absolute Gasteiger partial charge is 0.255 e. The van der Waals surface area contributed by atoms with Gasteiger partial charge in [-0.3, -0.25) is 9.59 Å². The number of hydrogen-bond acceptors (Lipinski definition) is 2. The van der Waals surface area contributed by atoms with Crippen molar-refractivity contribution < 1.29 is 9.59 Å². The van der Waals surface area contributed by atoms with Gasteiger partial charge in [0, 0.05) is 29.7 Å². The van der Waals surface area contributed by atoms with Gasteiger partial charge in [-0.05, 0) is 49.2 Å². The van der Waals surface area contributed by atoms with Gasteiger partial charge in [0.25, 0.3) is 5.91 Å². The summed E-state index contributed by atoms with van der Waals surface area (Å²) in [5.74, 6) is -0.208. The van der Waals surface area contributed by atoms with Crippen molar-refractivity contribution >= 4 is 40.7 Å². The molecule has 0 spiro atoms. The number of anilines is 1. The molecule has 0 aliphatic carbocycles. The van der Waals surface area contributed by atoms with Crippen molar-refractivity contribution in [1.82, 2.24) is 4.90 Å². The van der Waals surface area contributed by atoms with E-state index >= 15 is 0 Å². The molecule has 0 aromatic heterocycles. The van der Waals surface area contributed by atoms with Gasteiger partial charge >= 0.3 is 0 Å². The third-order valence-electron chi connectivity index (χ3n) is 4.37. The molecule has 1 aliphatic heterocycles. The highest BCUT2D eigenvalue weighted by molar-refractivity contribution is 6.33. The first-order chi connectivity index (χ1) is 12.0. The molecule has 1 fully saturated rings. The third kappa shape index (κ3) is 4.33. The fourth-order valence-electron chi connectivity index (χ4n) is 2.93. The molecule has 1 N–H and O–H groups in total. The van der Waals surface area contributed by atoms with Crippen LogP contribution in [-0.4, -0.2) is 29.8 Å². The number of hydrogen-bond donors (Lipinski definition) is 1. The maximum Gasteiger partial charge on any atom is 0.255 e. The molecule has 2 aromatic carbocycles. The van der Waals surface area contributed by atoms with Gasteiger partial charge in [0.05, 0.1) is 10.6 Å². The van der Waals surface area contributed by atoms with Gasteiger partial charge in [-0.2, -0.15) is 0 Å². The number of carbonyl (C=O) groups is 2. The van der Waals surface area contributed by atoms with Gasteiger partial charge in [0.2, 0.25) is 5.91 Å². The van der Waals surface area contributed by atoms with E-state index in [1.54, 1.807) is 53.4 Å². The zero-order valence-corrected chi connectivity index (χ0v) is 15.1. The second-order valence-electron chi connectivity index (χ2n) is 6.04. The van der Waals surface area contributed by atoms with E-state index < -0.39 is 0 Å². The Balaban J connectivity index is 1.56. The number of piperidine rings is 1. The molecule has 3 rings (SSSR count). The molecule has 0 radical (unpaired) electrons. The van der Waals surface area contributed by atoms with Crippen LogP contribution in [0.5, 0.6) is 0 Å². The van der Waals surface area contributed by atoms with Crippen LogP contribution in [0.25, 0.3) is 0 Å². The van der Waals surface area contributed by atoms with Crippen LogP contribution in [0.4, 0.5) is 5.69 Å². The van der Waals surface area contributed by atoms with E-state index in [0.29, 0.717) is 41.5 Å². The standard InChI is InChI=1S/C19H18Cl2N2O2/c20-14-5-7-15(8-6-14)22-18(24)13-9-11-23(12-10-13)19(25)16-3-1-2-4-17(16)21/h1-8,13H,9-12H2,(H,22,24). The minimum atomic E-state index is -0.106. The Morgan fingerprint density at radius 3 is 2.24 bits per heavy atom. The number of amides is 2. The second-order valence-corrected chi connectivity index (χ2v) is 6.89. The zero-order chi connectivity index (χ0) is 17.8. The highest BCUT2D eigenvalue weighted by atomic mass is 35.5. The Kier molecular flexibility index (Phi) is 5.61. The highest BCUT2D eigenvalue weighted by Gasteiger charge is 2.28. The van der Waals surface area contributed by atoms with E-state index in [0.717, 1.165) is 5.69 Å². The van der Waals surface area contributed by atoms with Crippen molar-refractivity contribution in [3.05, 3.63) is 64.1 Å². The van der Waals surface area contributed by atoms with Crippen LogP contribution in [0.15, 0.2) is 48.5 Å². The normalized spacial score (nSPS) is 15.0. The molecular weight excluding hydrogens is 359 g/mol. The number of nitrogens with one attached hydrogen (secondary N) is 1. The molecule has 1 heterocycles. The topological polar surface area (TPSA) is 49.4 Å². The van der Waals surface area contributed by atoms with Crippen LogP contribution in [0.3, 0.4) is 0 Å². The summed E-state index contributed by atoms with van der Waals surface area (Å²) >= 11 is 11.9. The maximum atomic E-state index is 12.5. The van der Waals surface area contributed by atoms with Crippen molar-refractivity contribution in [3.8, 4) is 0 Å². The van der Waals surface area contributed by atoms with Crippen LogP contribution in [0, 0.1) is 5.92 Å². The van der Waals surface area contributed by atoms with Crippen LogP contribution in [0.2, 0.25) is 10.0 Å². The van der Waals surface area contributed by atoms with E-state index in [1.807, 2.05) is 0 Å². The van der Waals surface area contributed by atoms with Crippen molar-refractivity contribution in [2.24, 2.45) is 5.92 Å². The Morgan fingerprint density at radius 1 is 0.960 bits per heavy atom. The fraction of sp³-hybridized carbons (Fsp3) is 0.263. The molecule has 0 atom stereocenters. The van der Waals surface area contributed by atoms with Crippen LogP contribution in [-0.2, 0) is 4.79 Å². The first-order valence-electron chi connectivity index (χ1n) is 8.15. The number of nitrogens with zero attached hydrogens (tertiary/aromatic N) is 1. The largest absolute Gasteiger partial charge is 0.339 e. The quantitative estimate of drug-likeness (QED) is 0.857. The van der Waals surface area contributed by atoms with Crippen molar-refractivity contribution in [2.45, 2.75) is 12.8 Å². The number of likely N-dealkylation sites (tertiary alicyclic amines) is 1. The average Bonchev–Trinajstić information content (AvgIpc) is 2.63. The highest BCUT2D eigenvalue weighted by Crippen LogP contribution is 2.23. The van der Waals surface area contributed by atoms with Crippen LogP contribution in [0.1, 0.15) is 23.2 Å². The first kappa shape index (κ1) is 17.8. The van der Waals surface area contributed by atoms with E-state index in [-0.39, 0.29) is 17.7 Å². The summed E-state index contributed by atoms with van der Waals surface area (Å²) in [5, 5.41) is 3.98. The predicted molar refractivity (Wildman–Crippen MR) is 100 cm³/mol. The molecule has 0 unspecified atom stereocenters. The summed E-state index contributed by atoms with van der Waals surface area (Å²) in [6, 6.07) is 14.1. The number of rotatable bonds is 3. The van der Waals surface area contributed by atoms with Crippen molar-refractivity contribution in [2.75, 3.05) is 18.4 Å². The summed E-state index contributed by atoms with van der Waals surface area (Å²) in [6.45, 7) is 1.09. The van der Waals surface area contributed by atoms with Crippen LogP contribution >= 0.6 is 23.2 Å². The Bertz CT molecular complexity index is 769. The minimum absolute atomic E-state index is 0.0211. The summed E-state index contributed by atoms with van der Waals surface area (Å²) in [4.78, 5) is 26.7. The second kappa shape index (κ2) is 7.89. The molecule has 4 nitrogen and oxygen atoms in total. The molecule has 1 aliphatic rings. The molecule has 6 heteroatoms. The molecule has 2 amide bonds. The molecule has 130 valence electrons. The lowest BCUT2D eigenvalue weighted by atomic mass is 9.95. The first-order valence-corrected chi connectivity index (χ1v) is 8.90. The molecule has 1 saturated heterocycles. The zero-order valence-electron chi connectivity index (χ0n) is 13.5. The minimum Gasteiger partial charge on any atom is -0.339 e. The molecule has 0 saturated carbocycles. The summed E-state index contributed by atoms with van der Waals surface area (Å²) in [5.41, 5.74) is 1.23. The van der Waals surface area contributed by atoms with Gasteiger partial charge in [0.1, 0.15) is 0 Å². The van der Waals surface area contributed by atoms with Gasteiger partial charge in [-0.1, -0.05) is 35.3 Å². The predicted octanol–water partition coefficient (Wildman–Crippen LogP) is 4.48. The number of benzene rings is 2. The lowest BCUT2D eigenvalue weighted by molar-refractivity contribution is -0.121. The molecular formula is C19H18Cl2N2O2. The van der Waals surface area contributed by atoms with E-state index in [1.165, 1.54) is 0 Å². The number of carbonyl (C=O) groups excluding carboxylic acids is 2. The number of halogens is 2. The van der Waals surface area contributed by atoms with Gasteiger partial charge < -0.3 is 10.2 Å². The van der Waals surface area contributed by atoms with Gasteiger partial charge in [-0.15, -0.1) is 0 Å². The van der Waals surface area contributed by atoms with Gasteiger partial charge in [-0.25, -0.2) is 0 Å². The summed E-state index contributed by atoms with van der Waals surface area (Å²) in [6.07, 6.45) is 1.27. The van der Waals surface area contributed by atoms with E-state index in [9.17, 15) is 9.59 Å². The monoisotopic (exact) mass is 376 g/mol. The molecule has 2 aromatic rings. The Morgan fingerprint density at radius 2 is 1.60 bits per heavy atom. The van der Waals surface area contributed by atoms with E-state index in [4.69, 9.17) is 23.2 Å². The molecule has 0 bridgehead atoms. The lowest BCUT2D eigenvalue weighted by Crippen LogP contribution is -2.41. The van der Waals surface area contributed by atoms with E-state index in [2.05, 4.69) is 5.32 Å².